The summed E-state index contributed by atoms with van der Waals surface area (Å²) in [4.78, 5) is 4.39. The SMILES string of the molecule is C#CCNC(=NCc1ccc(C#N)cc1)NCC. The van der Waals surface area contributed by atoms with Gasteiger partial charge >= 0.3 is 0 Å². The molecular weight excluding hydrogens is 224 g/mol. The Bertz CT molecular complexity index is 474. The standard InChI is InChI=1S/C14H16N4/c1-3-9-17-14(16-4-2)18-11-13-7-5-12(10-15)6-8-13/h1,5-8H,4,9,11H2,2H3,(H2,16,17,18). The van der Waals surface area contributed by atoms with E-state index >= 15 is 0 Å². The highest BCUT2D eigenvalue weighted by Crippen LogP contribution is 2.04. The van der Waals surface area contributed by atoms with Crippen LogP contribution in [0.15, 0.2) is 29.3 Å². The fraction of sp³-hybridized carbons (Fsp3) is 0.286. The molecule has 0 saturated carbocycles. The van der Waals surface area contributed by atoms with E-state index < -0.39 is 0 Å². The number of aliphatic imine (C=N–C) groups is 1. The summed E-state index contributed by atoms with van der Waals surface area (Å²) in [6.07, 6.45) is 5.19. The predicted molar refractivity (Wildman–Crippen MR) is 72.8 cm³/mol. The minimum Gasteiger partial charge on any atom is -0.357 e. The summed E-state index contributed by atoms with van der Waals surface area (Å²) >= 11 is 0. The minimum absolute atomic E-state index is 0.444. The van der Waals surface area contributed by atoms with Crippen molar-refractivity contribution in [3.63, 3.8) is 0 Å². The van der Waals surface area contributed by atoms with Gasteiger partial charge in [-0.3, -0.25) is 0 Å². The Labute approximate surface area is 108 Å². The Morgan fingerprint density at radius 1 is 1.33 bits per heavy atom. The summed E-state index contributed by atoms with van der Waals surface area (Å²) in [6, 6.07) is 9.44. The summed E-state index contributed by atoms with van der Waals surface area (Å²) < 4.78 is 0. The molecule has 0 fully saturated rings. The smallest absolute Gasteiger partial charge is 0.192 e. The number of rotatable bonds is 4. The molecule has 4 heteroatoms. The van der Waals surface area contributed by atoms with Gasteiger partial charge in [0.05, 0.1) is 24.7 Å². The monoisotopic (exact) mass is 240 g/mol. The van der Waals surface area contributed by atoms with E-state index in [0.717, 1.165) is 12.1 Å². The Balaban J connectivity index is 2.63. The van der Waals surface area contributed by atoms with Gasteiger partial charge in [-0.2, -0.15) is 5.26 Å². The van der Waals surface area contributed by atoms with Crippen LogP contribution in [0.2, 0.25) is 0 Å². The van der Waals surface area contributed by atoms with Crippen LogP contribution >= 0.6 is 0 Å². The molecule has 2 N–H and O–H groups in total. The van der Waals surface area contributed by atoms with Crippen molar-refractivity contribution in [3.8, 4) is 18.4 Å². The van der Waals surface area contributed by atoms with E-state index in [1.165, 1.54) is 0 Å². The van der Waals surface area contributed by atoms with E-state index in [2.05, 4.69) is 27.6 Å². The van der Waals surface area contributed by atoms with Crippen molar-refractivity contribution < 1.29 is 0 Å². The first-order valence-electron chi connectivity index (χ1n) is 5.74. The highest BCUT2D eigenvalue weighted by Gasteiger charge is 1.96. The molecule has 0 heterocycles. The van der Waals surface area contributed by atoms with Crippen LogP contribution in [-0.4, -0.2) is 19.0 Å². The van der Waals surface area contributed by atoms with Gasteiger partial charge in [0.2, 0.25) is 0 Å². The van der Waals surface area contributed by atoms with Gasteiger partial charge in [-0.25, -0.2) is 4.99 Å². The van der Waals surface area contributed by atoms with Crippen molar-refractivity contribution in [1.29, 1.82) is 5.26 Å². The lowest BCUT2D eigenvalue weighted by Gasteiger charge is -2.08. The second-order valence-corrected chi connectivity index (χ2v) is 3.56. The van der Waals surface area contributed by atoms with Gasteiger partial charge in [0.15, 0.2) is 5.96 Å². The van der Waals surface area contributed by atoms with Gasteiger partial charge in [-0.1, -0.05) is 18.1 Å². The zero-order chi connectivity index (χ0) is 13.2. The number of nitrogens with zero attached hydrogens (tertiary/aromatic N) is 2. The molecule has 0 spiro atoms. The average molecular weight is 240 g/mol. The summed E-state index contributed by atoms with van der Waals surface area (Å²) in [5, 5.41) is 14.8. The molecule has 92 valence electrons. The highest BCUT2D eigenvalue weighted by molar-refractivity contribution is 5.79. The molecule has 4 nitrogen and oxygen atoms in total. The van der Waals surface area contributed by atoms with E-state index in [1.807, 2.05) is 19.1 Å². The van der Waals surface area contributed by atoms with E-state index in [4.69, 9.17) is 11.7 Å². The maximum absolute atomic E-state index is 8.70. The molecule has 0 amide bonds. The van der Waals surface area contributed by atoms with Crippen LogP contribution in [0.1, 0.15) is 18.1 Å². The van der Waals surface area contributed by atoms with Crippen LogP contribution in [0.25, 0.3) is 0 Å². The fourth-order valence-electron chi connectivity index (χ4n) is 1.33. The zero-order valence-electron chi connectivity index (χ0n) is 10.4. The van der Waals surface area contributed by atoms with Crippen molar-refractivity contribution in [2.24, 2.45) is 4.99 Å². The molecule has 0 aromatic heterocycles. The van der Waals surface area contributed by atoms with Crippen LogP contribution in [0.3, 0.4) is 0 Å². The topological polar surface area (TPSA) is 60.2 Å². The Hall–Kier alpha value is -2.46. The third-order valence-corrected chi connectivity index (χ3v) is 2.20. The zero-order valence-corrected chi connectivity index (χ0v) is 10.4. The lowest BCUT2D eigenvalue weighted by Crippen LogP contribution is -2.37. The Morgan fingerprint density at radius 2 is 2.06 bits per heavy atom. The number of benzene rings is 1. The maximum Gasteiger partial charge on any atom is 0.192 e. The van der Waals surface area contributed by atoms with Crippen LogP contribution < -0.4 is 10.6 Å². The summed E-state index contributed by atoms with van der Waals surface area (Å²) in [6.45, 7) is 3.77. The van der Waals surface area contributed by atoms with Gasteiger partial charge in [0, 0.05) is 6.54 Å². The number of terminal acetylenes is 1. The molecule has 0 aliphatic rings. The molecule has 1 aromatic rings. The van der Waals surface area contributed by atoms with Gasteiger partial charge in [-0.15, -0.1) is 6.42 Å². The summed E-state index contributed by atoms with van der Waals surface area (Å²) in [5.41, 5.74) is 1.70. The van der Waals surface area contributed by atoms with Crippen LogP contribution in [0, 0.1) is 23.7 Å². The molecule has 0 unspecified atom stereocenters. The van der Waals surface area contributed by atoms with Crippen molar-refractivity contribution in [1.82, 2.24) is 10.6 Å². The maximum atomic E-state index is 8.70. The van der Waals surface area contributed by atoms with Crippen LogP contribution in [0.5, 0.6) is 0 Å². The second kappa shape index (κ2) is 7.76. The van der Waals surface area contributed by atoms with E-state index in [9.17, 15) is 0 Å². The Morgan fingerprint density at radius 3 is 2.61 bits per heavy atom. The molecule has 0 saturated heterocycles. The quantitative estimate of drug-likeness (QED) is 0.473. The third-order valence-electron chi connectivity index (χ3n) is 2.20. The first-order chi connectivity index (χ1) is 8.80. The molecule has 0 radical (unpaired) electrons. The van der Waals surface area contributed by atoms with Gasteiger partial charge in [0.25, 0.3) is 0 Å². The molecule has 18 heavy (non-hydrogen) atoms. The van der Waals surface area contributed by atoms with Gasteiger partial charge in [-0.05, 0) is 24.6 Å². The van der Waals surface area contributed by atoms with Crippen LogP contribution in [0.4, 0.5) is 0 Å². The number of nitriles is 1. The van der Waals surface area contributed by atoms with Gasteiger partial charge < -0.3 is 10.6 Å². The normalized spacial score (nSPS) is 10.3. The largest absolute Gasteiger partial charge is 0.357 e. The number of nitrogens with one attached hydrogen (secondary N) is 2. The summed E-state index contributed by atoms with van der Waals surface area (Å²) in [7, 11) is 0. The second-order valence-electron chi connectivity index (χ2n) is 3.56. The lowest BCUT2D eigenvalue weighted by molar-refractivity contribution is 0.865. The highest BCUT2D eigenvalue weighted by atomic mass is 15.2. The molecule has 0 aliphatic carbocycles. The summed E-state index contributed by atoms with van der Waals surface area (Å²) in [5.74, 6) is 3.20. The number of guanidine groups is 1. The van der Waals surface area contributed by atoms with E-state index in [0.29, 0.717) is 24.6 Å². The fourth-order valence-corrected chi connectivity index (χ4v) is 1.33. The molecule has 1 aromatic carbocycles. The number of hydrogen-bond acceptors (Lipinski definition) is 2. The van der Waals surface area contributed by atoms with Crippen molar-refractivity contribution in [2.45, 2.75) is 13.5 Å². The molecule has 0 bridgehead atoms. The van der Waals surface area contributed by atoms with Crippen LogP contribution in [-0.2, 0) is 6.54 Å². The lowest BCUT2D eigenvalue weighted by atomic mass is 10.1. The Kier molecular flexibility index (Phi) is 5.86. The van der Waals surface area contributed by atoms with E-state index in [-0.39, 0.29) is 0 Å². The van der Waals surface area contributed by atoms with E-state index in [1.54, 1.807) is 12.1 Å². The first kappa shape index (κ1) is 13.6. The number of hydrogen-bond donors (Lipinski definition) is 2. The predicted octanol–water partition coefficient (Wildman–Crippen LogP) is 1.25. The molecular formula is C14H16N4. The molecule has 1 rings (SSSR count). The van der Waals surface area contributed by atoms with Crippen molar-refractivity contribution >= 4 is 5.96 Å². The molecule has 0 aliphatic heterocycles. The minimum atomic E-state index is 0.444. The third kappa shape index (κ3) is 4.59. The van der Waals surface area contributed by atoms with Gasteiger partial charge in [0.1, 0.15) is 0 Å². The molecule has 0 atom stereocenters. The average Bonchev–Trinajstić information content (AvgIpc) is 2.42. The first-order valence-corrected chi connectivity index (χ1v) is 5.74. The van der Waals surface area contributed by atoms with Crippen molar-refractivity contribution in [3.05, 3.63) is 35.4 Å². The van der Waals surface area contributed by atoms with Crippen molar-refractivity contribution in [2.75, 3.05) is 13.1 Å².